The number of hydrogen-bond acceptors (Lipinski definition) is 3. The summed E-state index contributed by atoms with van der Waals surface area (Å²) in [5.74, 6) is 1.22. The lowest BCUT2D eigenvalue weighted by Crippen LogP contribution is -2.20. The van der Waals surface area contributed by atoms with Gasteiger partial charge in [-0.15, -0.1) is 0 Å². The van der Waals surface area contributed by atoms with Crippen molar-refractivity contribution in [2.45, 2.75) is 44.1 Å². The van der Waals surface area contributed by atoms with Crippen LogP contribution in [0.1, 0.15) is 37.3 Å². The number of ether oxygens (including phenoxy) is 2. The van der Waals surface area contributed by atoms with Crippen LogP contribution in [0.3, 0.4) is 0 Å². The molecule has 30 heavy (non-hydrogen) atoms. The van der Waals surface area contributed by atoms with Crippen LogP contribution in [0.2, 0.25) is 0 Å². The Bertz CT molecular complexity index is 965. The molecule has 1 fully saturated rings. The number of para-hydroxylation sites is 1. The standard InChI is InChI=1S/C26H27FO3/c1-2-29-22-11-9-20(10-12-22)26(14-15-26)18-21(28)16-19-8-13-24(27)25(17-19)30-23-6-4-3-5-7-23/h3-13,17,21,28H,2,14-16,18H2,1H3. The molecule has 0 bridgehead atoms. The van der Waals surface area contributed by atoms with Crippen molar-refractivity contribution in [3.8, 4) is 17.2 Å². The SMILES string of the molecule is CCOc1ccc(C2(CC(O)Cc3ccc(F)c(Oc4ccccc4)c3)CC2)cc1. The first-order chi connectivity index (χ1) is 14.6. The highest BCUT2D eigenvalue weighted by atomic mass is 19.1. The summed E-state index contributed by atoms with van der Waals surface area (Å²) in [6, 6.07) is 22.2. The number of aliphatic hydroxyl groups is 1. The van der Waals surface area contributed by atoms with E-state index in [0.717, 1.165) is 24.2 Å². The Hall–Kier alpha value is -2.85. The fourth-order valence-electron chi connectivity index (χ4n) is 4.00. The van der Waals surface area contributed by atoms with E-state index in [4.69, 9.17) is 9.47 Å². The van der Waals surface area contributed by atoms with Crippen LogP contribution in [0.4, 0.5) is 4.39 Å². The average molecular weight is 406 g/mol. The Labute approximate surface area is 177 Å². The second kappa shape index (κ2) is 8.88. The molecule has 4 rings (SSSR count). The first-order valence-corrected chi connectivity index (χ1v) is 10.5. The van der Waals surface area contributed by atoms with Crippen LogP contribution in [0.25, 0.3) is 0 Å². The summed E-state index contributed by atoms with van der Waals surface area (Å²) in [6.45, 7) is 2.62. The molecule has 1 aliphatic rings. The fraction of sp³-hybridized carbons (Fsp3) is 0.308. The summed E-state index contributed by atoms with van der Waals surface area (Å²) in [5, 5.41) is 10.8. The molecule has 3 nitrogen and oxygen atoms in total. The van der Waals surface area contributed by atoms with Gasteiger partial charge >= 0.3 is 0 Å². The minimum atomic E-state index is -0.505. The lowest BCUT2D eigenvalue weighted by Gasteiger charge is -2.21. The van der Waals surface area contributed by atoms with E-state index in [2.05, 4.69) is 12.1 Å². The fourth-order valence-corrected chi connectivity index (χ4v) is 4.00. The maximum atomic E-state index is 14.2. The molecule has 1 unspecified atom stereocenters. The molecule has 0 aromatic heterocycles. The van der Waals surface area contributed by atoms with Gasteiger partial charge in [0.15, 0.2) is 11.6 Å². The van der Waals surface area contributed by atoms with Crippen LogP contribution in [0.15, 0.2) is 72.8 Å². The van der Waals surface area contributed by atoms with Gasteiger partial charge < -0.3 is 14.6 Å². The third kappa shape index (κ3) is 4.82. The van der Waals surface area contributed by atoms with Gasteiger partial charge in [-0.1, -0.05) is 36.4 Å². The van der Waals surface area contributed by atoms with E-state index in [1.165, 1.54) is 11.6 Å². The molecular formula is C26H27FO3. The van der Waals surface area contributed by atoms with Gasteiger partial charge in [-0.2, -0.15) is 0 Å². The molecule has 1 atom stereocenters. The third-order valence-electron chi connectivity index (χ3n) is 5.70. The van der Waals surface area contributed by atoms with E-state index in [0.29, 0.717) is 25.2 Å². The summed E-state index contributed by atoms with van der Waals surface area (Å²) in [6.07, 6.45) is 2.79. The van der Waals surface area contributed by atoms with Gasteiger partial charge in [0.1, 0.15) is 11.5 Å². The maximum Gasteiger partial charge on any atom is 0.165 e. The molecule has 1 saturated carbocycles. The molecule has 0 heterocycles. The van der Waals surface area contributed by atoms with Gasteiger partial charge in [0.25, 0.3) is 0 Å². The Kier molecular flexibility index (Phi) is 6.05. The predicted octanol–water partition coefficient (Wildman–Crippen LogP) is 6.04. The number of hydrogen-bond donors (Lipinski definition) is 1. The highest BCUT2D eigenvalue weighted by Crippen LogP contribution is 2.52. The molecule has 0 radical (unpaired) electrons. The van der Waals surface area contributed by atoms with Gasteiger partial charge in [-0.25, -0.2) is 4.39 Å². The van der Waals surface area contributed by atoms with E-state index in [-0.39, 0.29) is 11.2 Å². The summed E-state index contributed by atoms with van der Waals surface area (Å²) in [4.78, 5) is 0. The maximum absolute atomic E-state index is 14.2. The van der Waals surface area contributed by atoms with Crippen molar-refractivity contribution in [1.29, 1.82) is 0 Å². The highest BCUT2D eigenvalue weighted by molar-refractivity contribution is 5.37. The van der Waals surface area contributed by atoms with Crippen molar-refractivity contribution < 1.29 is 19.0 Å². The van der Waals surface area contributed by atoms with E-state index in [1.54, 1.807) is 24.3 Å². The Morgan fingerprint density at radius 2 is 1.70 bits per heavy atom. The zero-order valence-corrected chi connectivity index (χ0v) is 17.2. The van der Waals surface area contributed by atoms with Crippen LogP contribution >= 0.6 is 0 Å². The van der Waals surface area contributed by atoms with Crippen LogP contribution < -0.4 is 9.47 Å². The number of halogens is 1. The van der Waals surface area contributed by atoms with Crippen LogP contribution in [-0.2, 0) is 11.8 Å². The number of benzene rings is 3. The van der Waals surface area contributed by atoms with Gasteiger partial charge in [-0.05, 0) is 85.5 Å². The zero-order valence-electron chi connectivity index (χ0n) is 17.2. The first-order valence-electron chi connectivity index (χ1n) is 10.5. The Morgan fingerprint density at radius 1 is 0.967 bits per heavy atom. The molecule has 1 N–H and O–H groups in total. The molecular weight excluding hydrogens is 379 g/mol. The van der Waals surface area contributed by atoms with Crippen molar-refractivity contribution in [2.75, 3.05) is 6.61 Å². The third-order valence-corrected chi connectivity index (χ3v) is 5.70. The second-order valence-corrected chi connectivity index (χ2v) is 7.98. The monoisotopic (exact) mass is 406 g/mol. The van der Waals surface area contributed by atoms with Gasteiger partial charge in [-0.3, -0.25) is 0 Å². The molecule has 1 aliphatic carbocycles. The van der Waals surface area contributed by atoms with E-state index >= 15 is 0 Å². The van der Waals surface area contributed by atoms with E-state index < -0.39 is 11.9 Å². The molecule has 3 aromatic rings. The molecule has 0 spiro atoms. The Balaban J connectivity index is 1.41. The average Bonchev–Trinajstić information content (AvgIpc) is 3.52. The molecule has 0 saturated heterocycles. The Morgan fingerprint density at radius 3 is 2.37 bits per heavy atom. The summed E-state index contributed by atoms with van der Waals surface area (Å²) >= 11 is 0. The van der Waals surface area contributed by atoms with Gasteiger partial charge in [0, 0.05) is 0 Å². The largest absolute Gasteiger partial charge is 0.494 e. The number of aliphatic hydroxyl groups excluding tert-OH is 1. The van der Waals surface area contributed by atoms with Crippen molar-refractivity contribution in [3.63, 3.8) is 0 Å². The molecule has 3 aromatic carbocycles. The number of rotatable bonds is 9. The van der Waals surface area contributed by atoms with Crippen LogP contribution in [0, 0.1) is 5.82 Å². The summed E-state index contributed by atoms with van der Waals surface area (Å²) < 4.78 is 25.4. The van der Waals surface area contributed by atoms with Crippen molar-refractivity contribution in [1.82, 2.24) is 0 Å². The van der Waals surface area contributed by atoms with Crippen LogP contribution in [-0.4, -0.2) is 17.8 Å². The van der Waals surface area contributed by atoms with Gasteiger partial charge in [0.2, 0.25) is 0 Å². The van der Waals surface area contributed by atoms with E-state index in [9.17, 15) is 9.50 Å². The minimum Gasteiger partial charge on any atom is -0.494 e. The second-order valence-electron chi connectivity index (χ2n) is 7.98. The summed E-state index contributed by atoms with van der Waals surface area (Å²) in [5.41, 5.74) is 2.14. The van der Waals surface area contributed by atoms with Gasteiger partial charge in [0.05, 0.1) is 12.7 Å². The quantitative estimate of drug-likeness (QED) is 0.471. The molecule has 4 heteroatoms. The van der Waals surface area contributed by atoms with Crippen molar-refractivity contribution in [3.05, 3.63) is 89.7 Å². The normalized spacial score (nSPS) is 15.4. The summed E-state index contributed by atoms with van der Waals surface area (Å²) in [7, 11) is 0. The lowest BCUT2D eigenvalue weighted by atomic mass is 9.88. The van der Waals surface area contributed by atoms with Crippen molar-refractivity contribution >= 4 is 0 Å². The smallest absolute Gasteiger partial charge is 0.165 e. The highest BCUT2D eigenvalue weighted by Gasteiger charge is 2.45. The lowest BCUT2D eigenvalue weighted by molar-refractivity contribution is 0.151. The van der Waals surface area contributed by atoms with Crippen LogP contribution in [0.5, 0.6) is 17.2 Å². The minimum absolute atomic E-state index is 0.0353. The molecule has 156 valence electrons. The van der Waals surface area contributed by atoms with E-state index in [1.807, 2.05) is 37.3 Å². The molecule has 0 aliphatic heterocycles. The first kappa shape index (κ1) is 20.4. The van der Waals surface area contributed by atoms with Crippen molar-refractivity contribution in [2.24, 2.45) is 0 Å². The predicted molar refractivity (Wildman–Crippen MR) is 116 cm³/mol. The zero-order chi connectivity index (χ0) is 21.0. The molecule has 0 amide bonds. The topological polar surface area (TPSA) is 38.7 Å².